The Morgan fingerprint density at radius 2 is 2.43 bits per heavy atom. The molecule has 0 amide bonds. The molecular formula is C10H17N3O. The van der Waals surface area contributed by atoms with Gasteiger partial charge in [0, 0.05) is 30.8 Å². The van der Waals surface area contributed by atoms with E-state index in [1.165, 1.54) is 18.5 Å². The van der Waals surface area contributed by atoms with Crippen molar-refractivity contribution in [3.63, 3.8) is 0 Å². The smallest absolute Gasteiger partial charge is 0.148 e. The van der Waals surface area contributed by atoms with Gasteiger partial charge in [-0.2, -0.15) is 5.10 Å². The van der Waals surface area contributed by atoms with Crippen molar-refractivity contribution in [2.75, 3.05) is 25.6 Å². The molecule has 0 aliphatic heterocycles. The molecule has 1 aliphatic carbocycles. The molecule has 1 heterocycles. The van der Waals surface area contributed by atoms with Crippen molar-refractivity contribution in [3.8, 4) is 0 Å². The standard InChI is InChI=1S/C10H17N3O/c1-10(3-4-10)8-7-9(13-12-8)11-5-6-14-2/h7H,3-6H2,1-2H3,(H2,11,12,13). The number of H-pyrrole nitrogens is 1. The zero-order chi connectivity index (χ0) is 10.0. The lowest BCUT2D eigenvalue weighted by molar-refractivity contribution is 0.210. The Hall–Kier alpha value is -1.03. The van der Waals surface area contributed by atoms with E-state index < -0.39 is 0 Å². The molecule has 0 bridgehead atoms. The maximum atomic E-state index is 4.95. The van der Waals surface area contributed by atoms with Gasteiger partial charge in [-0.3, -0.25) is 5.10 Å². The monoisotopic (exact) mass is 195 g/mol. The molecule has 1 aliphatic rings. The second-order valence-electron chi connectivity index (χ2n) is 4.15. The number of nitrogens with zero attached hydrogens (tertiary/aromatic N) is 1. The number of hydrogen-bond donors (Lipinski definition) is 2. The Morgan fingerprint density at radius 1 is 1.64 bits per heavy atom. The van der Waals surface area contributed by atoms with Crippen LogP contribution in [0, 0.1) is 0 Å². The van der Waals surface area contributed by atoms with Gasteiger partial charge in [0.2, 0.25) is 0 Å². The molecule has 4 heteroatoms. The van der Waals surface area contributed by atoms with E-state index in [9.17, 15) is 0 Å². The van der Waals surface area contributed by atoms with Crippen molar-refractivity contribution in [1.29, 1.82) is 0 Å². The third kappa shape index (κ3) is 1.90. The first-order chi connectivity index (χ1) is 6.74. The fraction of sp³-hybridized carbons (Fsp3) is 0.700. The molecule has 78 valence electrons. The molecular weight excluding hydrogens is 178 g/mol. The molecule has 1 aromatic heterocycles. The first-order valence-electron chi connectivity index (χ1n) is 5.03. The highest BCUT2D eigenvalue weighted by Crippen LogP contribution is 2.46. The van der Waals surface area contributed by atoms with Crippen molar-refractivity contribution in [2.45, 2.75) is 25.2 Å². The summed E-state index contributed by atoms with van der Waals surface area (Å²) in [4.78, 5) is 0. The third-order valence-corrected chi connectivity index (χ3v) is 2.84. The topological polar surface area (TPSA) is 49.9 Å². The molecule has 4 nitrogen and oxygen atoms in total. The molecule has 2 rings (SSSR count). The largest absolute Gasteiger partial charge is 0.383 e. The van der Waals surface area contributed by atoms with Gasteiger partial charge in [-0.25, -0.2) is 0 Å². The first kappa shape index (κ1) is 9.52. The fourth-order valence-electron chi connectivity index (χ4n) is 1.46. The summed E-state index contributed by atoms with van der Waals surface area (Å²) >= 11 is 0. The van der Waals surface area contributed by atoms with Crippen molar-refractivity contribution in [1.82, 2.24) is 10.2 Å². The highest BCUT2D eigenvalue weighted by Gasteiger charge is 2.40. The maximum absolute atomic E-state index is 4.95. The molecule has 0 saturated heterocycles. The van der Waals surface area contributed by atoms with Crippen LogP contribution in [0.15, 0.2) is 6.07 Å². The number of nitrogens with one attached hydrogen (secondary N) is 2. The molecule has 0 aromatic carbocycles. The van der Waals surface area contributed by atoms with E-state index in [0.29, 0.717) is 12.0 Å². The van der Waals surface area contributed by atoms with Crippen molar-refractivity contribution >= 4 is 5.82 Å². The van der Waals surface area contributed by atoms with E-state index in [2.05, 4.69) is 28.5 Å². The normalized spacial score (nSPS) is 18.1. The number of anilines is 1. The zero-order valence-electron chi connectivity index (χ0n) is 8.76. The predicted octanol–water partition coefficient (Wildman–Crippen LogP) is 1.52. The molecule has 14 heavy (non-hydrogen) atoms. The Kier molecular flexibility index (Phi) is 2.46. The average molecular weight is 195 g/mol. The summed E-state index contributed by atoms with van der Waals surface area (Å²) < 4.78 is 4.95. The van der Waals surface area contributed by atoms with Crippen LogP contribution >= 0.6 is 0 Å². The van der Waals surface area contributed by atoms with Crippen molar-refractivity contribution in [2.24, 2.45) is 0 Å². The number of aromatic amines is 1. The van der Waals surface area contributed by atoms with E-state index in [1.807, 2.05) is 0 Å². The summed E-state index contributed by atoms with van der Waals surface area (Å²) in [5, 5.41) is 10.5. The van der Waals surface area contributed by atoms with Gasteiger partial charge >= 0.3 is 0 Å². The minimum atomic E-state index is 0.369. The van der Waals surface area contributed by atoms with Crippen LogP contribution < -0.4 is 5.32 Å². The Morgan fingerprint density at radius 3 is 3.07 bits per heavy atom. The van der Waals surface area contributed by atoms with E-state index in [4.69, 9.17) is 4.74 Å². The number of aromatic nitrogens is 2. The van der Waals surface area contributed by atoms with E-state index in [-0.39, 0.29) is 0 Å². The molecule has 0 unspecified atom stereocenters. The Bertz CT molecular complexity index is 304. The first-order valence-corrected chi connectivity index (χ1v) is 5.03. The van der Waals surface area contributed by atoms with Gasteiger partial charge in [-0.1, -0.05) is 6.92 Å². The molecule has 1 aromatic rings. The predicted molar refractivity (Wildman–Crippen MR) is 55.5 cm³/mol. The van der Waals surface area contributed by atoms with Gasteiger partial charge in [0.1, 0.15) is 5.82 Å². The van der Waals surface area contributed by atoms with Crippen LogP contribution in [0.5, 0.6) is 0 Å². The van der Waals surface area contributed by atoms with Gasteiger partial charge in [0.05, 0.1) is 6.61 Å². The summed E-state index contributed by atoms with van der Waals surface area (Å²) in [5.41, 5.74) is 1.62. The lowest BCUT2D eigenvalue weighted by Crippen LogP contribution is -2.07. The van der Waals surface area contributed by atoms with Crippen LogP contribution in [-0.4, -0.2) is 30.5 Å². The minimum Gasteiger partial charge on any atom is -0.383 e. The zero-order valence-corrected chi connectivity index (χ0v) is 8.76. The van der Waals surface area contributed by atoms with Crippen molar-refractivity contribution in [3.05, 3.63) is 11.8 Å². The van der Waals surface area contributed by atoms with Gasteiger partial charge in [0.25, 0.3) is 0 Å². The van der Waals surface area contributed by atoms with Gasteiger partial charge in [0.15, 0.2) is 0 Å². The number of rotatable bonds is 5. The Labute approximate surface area is 84.0 Å². The van der Waals surface area contributed by atoms with Crippen LogP contribution in [0.1, 0.15) is 25.5 Å². The highest BCUT2D eigenvalue weighted by molar-refractivity contribution is 5.39. The summed E-state index contributed by atoms with van der Waals surface area (Å²) in [7, 11) is 1.70. The van der Waals surface area contributed by atoms with Crippen LogP contribution in [0.25, 0.3) is 0 Å². The Balaban J connectivity index is 1.90. The molecule has 0 radical (unpaired) electrons. The summed E-state index contributed by atoms with van der Waals surface area (Å²) in [5.74, 6) is 0.921. The molecule has 1 saturated carbocycles. The van der Waals surface area contributed by atoms with Gasteiger partial charge in [-0.15, -0.1) is 0 Å². The van der Waals surface area contributed by atoms with Crippen LogP contribution in [0.2, 0.25) is 0 Å². The minimum absolute atomic E-state index is 0.369. The second kappa shape index (κ2) is 3.61. The summed E-state index contributed by atoms with van der Waals surface area (Å²) in [6.45, 7) is 3.77. The SMILES string of the molecule is COCCNc1cc(C2(C)CC2)[nH]n1. The van der Waals surface area contributed by atoms with Crippen LogP contribution in [-0.2, 0) is 10.2 Å². The van der Waals surface area contributed by atoms with Crippen LogP contribution in [0.4, 0.5) is 5.82 Å². The summed E-state index contributed by atoms with van der Waals surface area (Å²) in [6.07, 6.45) is 2.54. The third-order valence-electron chi connectivity index (χ3n) is 2.84. The van der Waals surface area contributed by atoms with Gasteiger partial charge in [-0.05, 0) is 12.8 Å². The molecule has 2 N–H and O–H groups in total. The molecule has 0 atom stereocenters. The van der Waals surface area contributed by atoms with E-state index in [1.54, 1.807) is 7.11 Å². The van der Waals surface area contributed by atoms with Crippen molar-refractivity contribution < 1.29 is 4.74 Å². The molecule has 0 spiro atoms. The lowest BCUT2D eigenvalue weighted by Gasteiger charge is -2.02. The van der Waals surface area contributed by atoms with Gasteiger partial charge < -0.3 is 10.1 Å². The number of methoxy groups -OCH3 is 1. The summed E-state index contributed by atoms with van der Waals surface area (Å²) in [6, 6.07) is 2.10. The van der Waals surface area contributed by atoms with E-state index in [0.717, 1.165) is 12.4 Å². The quantitative estimate of drug-likeness (QED) is 0.700. The second-order valence-corrected chi connectivity index (χ2v) is 4.15. The lowest BCUT2D eigenvalue weighted by atomic mass is 10.1. The maximum Gasteiger partial charge on any atom is 0.148 e. The highest BCUT2D eigenvalue weighted by atomic mass is 16.5. The molecule has 1 fully saturated rings. The van der Waals surface area contributed by atoms with Crippen LogP contribution in [0.3, 0.4) is 0 Å². The number of hydrogen-bond acceptors (Lipinski definition) is 3. The average Bonchev–Trinajstić information content (AvgIpc) is 2.76. The fourth-order valence-corrected chi connectivity index (χ4v) is 1.46. The van der Waals surface area contributed by atoms with E-state index >= 15 is 0 Å². The number of ether oxygens (including phenoxy) is 1.